The highest BCUT2D eigenvalue weighted by molar-refractivity contribution is 5.94. The number of fused-ring (bicyclic) bond motifs is 1. The van der Waals surface area contributed by atoms with Gasteiger partial charge < -0.3 is 14.7 Å². The van der Waals surface area contributed by atoms with Crippen molar-refractivity contribution in [2.75, 3.05) is 24.8 Å². The molecule has 2 aliphatic heterocycles. The molecule has 5 rings (SSSR count). The number of aliphatic imine (C=N–C) groups is 1. The fourth-order valence-electron chi connectivity index (χ4n) is 3.64. The first-order valence-corrected chi connectivity index (χ1v) is 9.56. The zero-order valence-corrected chi connectivity index (χ0v) is 16.0. The summed E-state index contributed by atoms with van der Waals surface area (Å²) in [6, 6.07) is 12.6. The monoisotopic (exact) mass is 402 g/mol. The predicted molar refractivity (Wildman–Crippen MR) is 108 cm³/mol. The molecule has 0 bridgehead atoms. The quantitative estimate of drug-likeness (QED) is 0.700. The SMILES string of the molecule is N#Cc1cccc(C2=NCN(CN3CCCn4c(-c5cc[nH]c(=O)c5)nnc43)O2)c1. The van der Waals surface area contributed by atoms with Crippen LogP contribution in [-0.2, 0) is 11.4 Å². The van der Waals surface area contributed by atoms with Gasteiger partial charge >= 0.3 is 0 Å². The Balaban J connectivity index is 1.32. The first-order chi connectivity index (χ1) is 14.7. The summed E-state index contributed by atoms with van der Waals surface area (Å²) < 4.78 is 2.02. The van der Waals surface area contributed by atoms with Gasteiger partial charge in [-0.05, 0) is 30.7 Å². The number of hydrogen-bond donors (Lipinski definition) is 1. The highest BCUT2D eigenvalue weighted by Gasteiger charge is 2.27. The van der Waals surface area contributed by atoms with E-state index in [0.717, 1.165) is 36.6 Å². The standard InChI is InChI=1S/C20H18N8O2/c21-11-14-3-1-4-16(9-14)19-23-12-27(30-19)13-26-7-2-8-28-18(24-25-20(26)28)15-5-6-22-17(29)10-15/h1,3-6,9-10H,2,7-8,12-13H2,(H,22,29). The number of nitriles is 1. The summed E-state index contributed by atoms with van der Waals surface area (Å²) in [6.07, 6.45) is 2.53. The van der Waals surface area contributed by atoms with Crippen LogP contribution >= 0.6 is 0 Å². The maximum absolute atomic E-state index is 11.7. The minimum Gasteiger partial charge on any atom is -0.382 e. The number of aromatic amines is 1. The molecule has 30 heavy (non-hydrogen) atoms. The first-order valence-electron chi connectivity index (χ1n) is 9.56. The molecule has 0 saturated carbocycles. The molecule has 0 saturated heterocycles. The summed E-state index contributed by atoms with van der Waals surface area (Å²) in [4.78, 5) is 26.7. The number of rotatable bonds is 4. The molecule has 2 aromatic heterocycles. The molecule has 0 atom stereocenters. The van der Waals surface area contributed by atoms with Crippen LogP contribution in [-0.4, -0.2) is 50.6 Å². The molecule has 150 valence electrons. The third-order valence-electron chi connectivity index (χ3n) is 5.01. The lowest BCUT2D eigenvalue weighted by atomic mass is 10.1. The average Bonchev–Trinajstić information content (AvgIpc) is 3.42. The molecule has 10 heteroatoms. The predicted octanol–water partition coefficient (Wildman–Crippen LogP) is 1.32. The normalized spacial score (nSPS) is 16.0. The Labute approximate surface area is 171 Å². The van der Waals surface area contributed by atoms with Crippen LogP contribution in [0.25, 0.3) is 11.4 Å². The van der Waals surface area contributed by atoms with Crippen LogP contribution in [0.3, 0.4) is 0 Å². The number of H-pyrrole nitrogens is 1. The molecule has 1 N–H and O–H groups in total. The average molecular weight is 402 g/mol. The van der Waals surface area contributed by atoms with Gasteiger partial charge in [-0.15, -0.1) is 15.3 Å². The lowest BCUT2D eigenvalue weighted by Gasteiger charge is -2.31. The Morgan fingerprint density at radius 1 is 1.17 bits per heavy atom. The molecule has 0 unspecified atom stereocenters. The second-order valence-electron chi connectivity index (χ2n) is 7.05. The Kier molecular flexibility index (Phi) is 4.49. The molecular formula is C20H18N8O2. The number of benzene rings is 1. The minimum absolute atomic E-state index is 0.173. The molecule has 3 aromatic rings. The second-order valence-corrected chi connectivity index (χ2v) is 7.05. The van der Waals surface area contributed by atoms with Gasteiger partial charge in [0.05, 0.1) is 11.6 Å². The minimum atomic E-state index is -0.173. The molecule has 4 heterocycles. The zero-order valence-electron chi connectivity index (χ0n) is 16.0. The van der Waals surface area contributed by atoms with Gasteiger partial charge in [0.1, 0.15) is 13.3 Å². The fourth-order valence-corrected chi connectivity index (χ4v) is 3.64. The van der Waals surface area contributed by atoms with Crippen molar-refractivity contribution in [3.05, 3.63) is 64.1 Å². The fraction of sp³-hybridized carbons (Fsp3) is 0.250. The Bertz CT molecular complexity index is 1220. The molecule has 0 spiro atoms. The maximum atomic E-state index is 11.7. The Morgan fingerprint density at radius 2 is 2.10 bits per heavy atom. The molecule has 0 fully saturated rings. The van der Waals surface area contributed by atoms with Crippen LogP contribution < -0.4 is 10.5 Å². The highest BCUT2D eigenvalue weighted by Crippen LogP contribution is 2.26. The van der Waals surface area contributed by atoms with E-state index in [2.05, 4.69) is 31.1 Å². The molecule has 0 radical (unpaired) electrons. The van der Waals surface area contributed by atoms with Gasteiger partial charge in [-0.3, -0.25) is 9.36 Å². The van der Waals surface area contributed by atoms with E-state index in [1.807, 2.05) is 22.8 Å². The number of nitrogens with zero attached hydrogens (tertiary/aromatic N) is 7. The van der Waals surface area contributed by atoms with Crippen molar-refractivity contribution < 1.29 is 4.84 Å². The van der Waals surface area contributed by atoms with Crippen LogP contribution in [0.1, 0.15) is 17.5 Å². The summed E-state index contributed by atoms with van der Waals surface area (Å²) in [5, 5.41) is 19.5. The van der Waals surface area contributed by atoms with E-state index in [9.17, 15) is 4.79 Å². The number of hydrogen-bond acceptors (Lipinski definition) is 8. The van der Waals surface area contributed by atoms with Gasteiger partial charge in [-0.2, -0.15) is 5.26 Å². The van der Waals surface area contributed by atoms with Crippen LogP contribution in [0.5, 0.6) is 0 Å². The van der Waals surface area contributed by atoms with Gasteiger partial charge in [0.2, 0.25) is 17.4 Å². The van der Waals surface area contributed by atoms with E-state index >= 15 is 0 Å². The Hall–Kier alpha value is -3.97. The van der Waals surface area contributed by atoms with E-state index in [1.165, 1.54) is 6.07 Å². The van der Waals surface area contributed by atoms with Crippen molar-refractivity contribution in [1.29, 1.82) is 5.26 Å². The molecule has 10 nitrogen and oxygen atoms in total. The first kappa shape index (κ1) is 18.1. The summed E-state index contributed by atoms with van der Waals surface area (Å²) >= 11 is 0. The topological polar surface area (TPSA) is 115 Å². The van der Waals surface area contributed by atoms with Crippen LogP contribution in [0.4, 0.5) is 5.95 Å². The van der Waals surface area contributed by atoms with Crippen LogP contribution in [0.2, 0.25) is 0 Å². The lowest BCUT2D eigenvalue weighted by molar-refractivity contribution is -0.0485. The van der Waals surface area contributed by atoms with Gasteiger partial charge in [0.25, 0.3) is 0 Å². The van der Waals surface area contributed by atoms with Crippen molar-refractivity contribution in [2.24, 2.45) is 4.99 Å². The molecule has 2 aliphatic rings. The molecule has 1 aromatic carbocycles. The van der Waals surface area contributed by atoms with Crippen molar-refractivity contribution in [2.45, 2.75) is 13.0 Å². The molecule has 0 amide bonds. The van der Waals surface area contributed by atoms with Crippen LogP contribution in [0.15, 0.2) is 52.4 Å². The van der Waals surface area contributed by atoms with Crippen molar-refractivity contribution in [3.63, 3.8) is 0 Å². The summed E-state index contributed by atoms with van der Waals surface area (Å²) in [7, 11) is 0. The number of aromatic nitrogens is 4. The summed E-state index contributed by atoms with van der Waals surface area (Å²) in [5.41, 5.74) is 1.90. The summed E-state index contributed by atoms with van der Waals surface area (Å²) in [6.45, 7) is 2.45. The van der Waals surface area contributed by atoms with E-state index in [-0.39, 0.29) is 5.56 Å². The number of nitrogens with one attached hydrogen (secondary N) is 1. The van der Waals surface area contributed by atoms with E-state index < -0.39 is 0 Å². The second kappa shape index (κ2) is 7.46. The molecular weight excluding hydrogens is 384 g/mol. The number of hydroxylamine groups is 2. The largest absolute Gasteiger partial charge is 0.382 e. The smallest absolute Gasteiger partial charge is 0.248 e. The Morgan fingerprint density at radius 3 is 2.97 bits per heavy atom. The highest BCUT2D eigenvalue weighted by atomic mass is 16.7. The van der Waals surface area contributed by atoms with Gasteiger partial charge in [0, 0.05) is 36.5 Å². The number of pyridine rings is 1. The third-order valence-corrected chi connectivity index (χ3v) is 5.01. The van der Waals surface area contributed by atoms with Gasteiger partial charge in [-0.25, -0.2) is 4.99 Å². The summed E-state index contributed by atoms with van der Waals surface area (Å²) in [5.74, 6) is 1.91. The molecule has 0 aliphatic carbocycles. The van der Waals surface area contributed by atoms with Crippen molar-refractivity contribution in [1.82, 2.24) is 24.8 Å². The zero-order chi connectivity index (χ0) is 20.5. The third kappa shape index (κ3) is 3.31. The van der Waals surface area contributed by atoms with E-state index in [4.69, 9.17) is 10.1 Å². The van der Waals surface area contributed by atoms with Gasteiger partial charge in [0.15, 0.2) is 5.82 Å². The number of anilines is 1. The van der Waals surface area contributed by atoms with Gasteiger partial charge in [-0.1, -0.05) is 6.07 Å². The van der Waals surface area contributed by atoms with Crippen molar-refractivity contribution in [3.8, 4) is 17.5 Å². The lowest BCUT2D eigenvalue weighted by Crippen LogP contribution is -2.41. The van der Waals surface area contributed by atoms with E-state index in [0.29, 0.717) is 30.6 Å². The van der Waals surface area contributed by atoms with Crippen molar-refractivity contribution >= 4 is 11.8 Å². The van der Waals surface area contributed by atoms with Crippen LogP contribution in [0, 0.1) is 11.3 Å². The maximum Gasteiger partial charge on any atom is 0.248 e. The van der Waals surface area contributed by atoms with E-state index in [1.54, 1.807) is 23.4 Å².